The lowest BCUT2D eigenvalue weighted by Crippen LogP contribution is -2.47. The highest BCUT2D eigenvalue weighted by molar-refractivity contribution is 6.13. The van der Waals surface area contributed by atoms with Crippen LogP contribution in [0.3, 0.4) is 0 Å². The minimum atomic E-state index is -1.59. The van der Waals surface area contributed by atoms with Crippen LogP contribution in [0.4, 0.5) is 5.69 Å². The molecule has 0 bridgehead atoms. The van der Waals surface area contributed by atoms with Gasteiger partial charge in [0.1, 0.15) is 0 Å². The number of oxime groups is 1. The van der Waals surface area contributed by atoms with Gasteiger partial charge in [0.05, 0.1) is 28.9 Å². The van der Waals surface area contributed by atoms with E-state index in [2.05, 4.69) is 20.6 Å². The molecule has 2 amide bonds. The third-order valence-electron chi connectivity index (χ3n) is 5.81. The SMILES string of the molecule is CCn1nc(C)c2c(NC3CCOCC3)c(C3=NOC(CC(N)=O)(C(N)=O)C3)cnc21. The molecule has 0 aliphatic carbocycles. The van der Waals surface area contributed by atoms with Crippen LogP contribution in [0.25, 0.3) is 11.0 Å². The molecule has 1 atom stereocenters. The lowest BCUT2D eigenvalue weighted by molar-refractivity contribution is -0.145. The minimum absolute atomic E-state index is 0.0296. The van der Waals surface area contributed by atoms with Crippen molar-refractivity contribution >= 4 is 34.2 Å². The van der Waals surface area contributed by atoms with Gasteiger partial charge in [-0.15, -0.1) is 0 Å². The van der Waals surface area contributed by atoms with Gasteiger partial charge in [0.25, 0.3) is 5.91 Å². The average Bonchev–Trinajstić information content (AvgIpc) is 3.31. The first kappa shape index (κ1) is 21.0. The smallest absolute Gasteiger partial charge is 0.265 e. The normalized spacial score (nSPS) is 21.7. The molecule has 0 spiro atoms. The lowest BCUT2D eigenvalue weighted by atomic mass is 9.89. The molecule has 11 nitrogen and oxygen atoms in total. The quantitative estimate of drug-likeness (QED) is 0.580. The molecule has 4 heterocycles. The number of anilines is 1. The van der Waals surface area contributed by atoms with Crippen molar-refractivity contribution < 1.29 is 19.2 Å². The fraction of sp³-hybridized carbons (Fsp3) is 0.550. The van der Waals surface area contributed by atoms with Crippen molar-refractivity contribution in [2.24, 2.45) is 16.6 Å². The van der Waals surface area contributed by atoms with Crippen LogP contribution in [0, 0.1) is 6.92 Å². The van der Waals surface area contributed by atoms with Gasteiger partial charge in [0.2, 0.25) is 11.5 Å². The highest BCUT2D eigenvalue weighted by atomic mass is 16.7. The van der Waals surface area contributed by atoms with E-state index in [1.54, 1.807) is 6.20 Å². The summed E-state index contributed by atoms with van der Waals surface area (Å²) in [5, 5.41) is 13.3. The first-order valence-corrected chi connectivity index (χ1v) is 10.4. The average molecular weight is 429 g/mol. The van der Waals surface area contributed by atoms with Crippen LogP contribution >= 0.6 is 0 Å². The van der Waals surface area contributed by atoms with Crippen molar-refractivity contribution in [3.8, 4) is 0 Å². The number of primary amides is 2. The molecule has 2 aromatic heterocycles. The number of pyridine rings is 1. The number of rotatable bonds is 7. The summed E-state index contributed by atoms with van der Waals surface area (Å²) >= 11 is 0. The van der Waals surface area contributed by atoms with Crippen molar-refractivity contribution in [3.05, 3.63) is 17.5 Å². The number of nitrogens with two attached hydrogens (primary N) is 2. The Labute approximate surface area is 179 Å². The molecule has 1 fully saturated rings. The van der Waals surface area contributed by atoms with Crippen LogP contribution in [0.1, 0.15) is 43.9 Å². The van der Waals surface area contributed by atoms with Crippen LogP contribution in [0.5, 0.6) is 0 Å². The van der Waals surface area contributed by atoms with E-state index >= 15 is 0 Å². The largest absolute Gasteiger partial charge is 0.381 e. The van der Waals surface area contributed by atoms with Crippen molar-refractivity contribution in [1.29, 1.82) is 0 Å². The Morgan fingerprint density at radius 1 is 1.32 bits per heavy atom. The topological polar surface area (TPSA) is 160 Å². The van der Waals surface area contributed by atoms with E-state index in [0.29, 0.717) is 31.0 Å². The molecule has 11 heteroatoms. The summed E-state index contributed by atoms with van der Waals surface area (Å²) in [7, 11) is 0. The second kappa shape index (κ2) is 8.14. The second-order valence-corrected chi connectivity index (χ2v) is 7.99. The third kappa shape index (κ3) is 3.80. The zero-order valence-electron chi connectivity index (χ0n) is 17.7. The zero-order valence-corrected chi connectivity index (χ0v) is 17.7. The maximum Gasteiger partial charge on any atom is 0.265 e. The van der Waals surface area contributed by atoms with Crippen LogP contribution in [-0.4, -0.2) is 57.1 Å². The molecule has 166 valence electrons. The van der Waals surface area contributed by atoms with Gasteiger partial charge in [-0.2, -0.15) is 5.10 Å². The van der Waals surface area contributed by atoms with Gasteiger partial charge in [-0.3, -0.25) is 9.59 Å². The second-order valence-electron chi connectivity index (χ2n) is 7.99. The Kier molecular flexibility index (Phi) is 5.52. The summed E-state index contributed by atoms with van der Waals surface area (Å²) in [5.41, 5.74) is 12.9. The summed E-state index contributed by atoms with van der Waals surface area (Å²) in [6.45, 7) is 5.99. The molecule has 31 heavy (non-hydrogen) atoms. The van der Waals surface area contributed by atoms with Crippen molar-refractivity contribution in [2.75, 3.05) is 18.5 Å². The number of aryl methyl sites for hydroxylation is 2. The van der Waals surface area contributed by atoms with Crippen LogP contribution in [0.2, 0.25) is 0 Å². The molecule has 0 radical (unpaired) electrons. The highest BCUT2D eigenvalue weighted by Crippen LogP contribution is 2.36. The molecular weight excluding hydrogens is 402 g/mol. The number of carbonyl (C=O) groups is 2. The van der Waals surface area contributed by atoms with Crippen molar-refractivity contribution in [3.63, 3.8) is 0 Å². The number of hydrogen-bond donors (Lipinski definition) is 3. The minimum Gasteiger partial charge on any atom is -0.381 e. The van der Waals surface area contributed by atoms with Gasteiger partial charge in [0.15, 0.2) is 5.65 Å². The van der Waals surface area contributed by atoms with Gasteiger partial charge < -0.3 is 26.4 Å². The van der Waals surface area contributed by atoms with Crippen molar-refractivity contribution in [2.45, 2.75) is 57.7 Å². The summed E-state index contributed by atoms with van der Waals surface area (Å²) in [6, 6.07) is 0.205. The Morgan fingerprint density at radius 2 is 2.06 bits per heavy atom. The Balaban J connectivity index is 1.78. The summed E-state index contributed by atoms with van der Waals surface area (Å²) in [6.07, 6.45) is 3.10. The van der Waals surface area contributed by atoms with Gasteiger partial charge in [0, 0.05) is 44.0 Å². The number of amides is 2. The number of aromatic nitrogens is 3. The van der Waals surface area contributed by atoms with Gasteiger partial charge in [-0.1, -0.05) is 5.16 Å². The predicted octanol–water partition coefficient (Wildman–Crippen LogP) is 0.574. The molecule has 2 aliphatic rings. The molecule has 2 aliphatic heterocycles. The molecule has 1 saturated heterocycles. The zero-order chi connectivity index (χ0) is 22.2. The number of ether oxygens (including phenoxy) is 1. The standard InChI is InChI=1S/C20H27N7O4/c1-3-27-18-16(11(2)25-27)17(24-12-4-6-30-7-5-12)13(10-23-18)14-8-20(19(22)29,31-26-14)9-15(21)28/h10,12H,3-9H2,1-2H3,(H2,21,28)(H2,22,29)(H,23,24). The van der Waals surface area contributed by atoms with E-state index in [1.165, 1.54) is 0 Å². The number of fused-ring (bicyclic) bond motifs is 1. The first-order chi connectivity index (χ1) is 14.8. The lowest BCUT2D eigenvalue weighted by Gasteiger charge is -2.26. The Bertz CT molecular complexity index is 1060. The fourth-order valence-electron chi connectivity index (χ4n) is 4.17. The van der Waals surface area contributed by atoms with E-state index in [-0.39, 0.29) is 18.9 Å². The van der Waals surface area contributed by atoms with E-state index in [4.69, 9.17) is 21.0 Å². The van der Waals surface area contributed by atoms with Crippen LogP contribution in [-0.2, 0) is 25.7 Å². The maximum absolute atomic E-state index is 12.1. The van der Waals surface area contributed by atoms with E-state index < -0.39 is 17.4 Å². The third-order valence-corrected chi connectivity index (χ3v) is 5.81. The van der Waals surface area contributed by atoms with E-state index in [0.717, 1.165) is 35.3 Å². The summed E-state index contributed by atoms with van der Waals surface area (Å²) in [5.74, 6) is -1.47. The molecule has 5 N–H and O–H groups in total. The number of nitrogens with one attached hydrogen (secondary N) is 1. The molecule has 4 rings (SSSR count). The van der Waals surface area contributed by atoms with Gasteiger partial charge in [-0.25, -0.2) is 9.67 Å². The number of nitrogens with zero attached hydrogens (tertiary/aromatic N) is 4. The van der Waals surface area contributed by atoms with E-state index in [1.807, 2.05) is 18.5 Å². The van der Waals surface area contributed by atoms with E-state index in [9.17, 15) is 9.59 Å². The molecular formula is C20H27N7O4. The summed E-state index contributed by atoms with van der Waals surface area (Å²) < 4.78 is 7.33. The van der Waals surface area contributed by atoms with Gasteiger partial charge in [-0.05, 0) is 26.7 Å². The molecule has 2 aromatic rings. The highest BCUT2D eigenvalue weighted by Gasteiger charge is 2.47. The predicted molar refractivity (Wildman–Crippen MR) is 113 cm³/mol. The fourth-order valence-corrected chi connectivity index (χ4v) is 4.17. The van der Waals surface area contributed by atoms with Crippen molar-refractivity contribution in [1.82, 2.24) is 14.8 Å². The monoisotopic (exact) mass is 429 g/mol. The molecule has 0 saturated carbocycles. The number of carbonyl (C=O) groups excluding carboxylic acids is 2. The Morgan fingerprint density at radius 3 is 2.71 bits per heavy atom. The van der Waals surface area contributed by atoms with Gasteiger partial charge >= 0.3 is 0 Å². The molecule has 0 aromatic carbocycles. The maximum atomic E-state index is 12.1. The number of hydrogen-bond acceptors (Lipinski definition) is 8. The molecule has 1 unspecified atom stereocenters. The summed E-state index contributed by atoms with van der Waals surface area (Å²) in [4.78, 5) is 33.7. The van der Waals surface area contributed by atoms with Crippen LogP contribution < -0.4 is 16.8 Å². The first-order valence-electron chi connectivity index (χ1n) is 10.4. The Hall–Kier alpha value is -3.21. The van der Waals surface area contributed by atoms with Crippen LogP contribution in [0.15, 0.2) is 11.4 Å².